The van der Waals surface area contributed by atoms with E-state index in [9.17, 15) is 18.0 Å². The highest BCUT2D eigenvalue weighted by Crippen LogP contribution is 2.31. The van der Waals surface area contributed by atoms with E-state index in [1.807, 2.05) is 42.7 Å². The molecule has 1 atom stereocenters. The van der Waals surface area contributed by atoms with E-state index in [2.05, 4.69) is 15.5 Å². The molecule has 1 N–H and O–H groups in total. The van der Waals surface area contributed by atoms with Crippen molar-refractivity contribution < 1.29 is 18.0 Å². The third kappa shape index (κ3) is 5.46. The molecule has 1 amide bonds. The Hall–Kier alpha value is -2.81. The zero-order valence-electron chi connectivity index (χ0n) is 17.4. The first-order valence-corrected chi connectivity index (χ1v) is 10.8. The molecule has 31 heavy (non-hydrogen) atoms. The average molecular weight is 449 g/mol. The van der Waals surface area contributed by atoms with Crippen molar-refractivity contribution in [3.05, 3.63) is 65.2 Å². The Morgan fingerprint density at radius 1 is 1.16 bits per heavy atom. The van der Waals surface area contributed by atoms with Gasteiger partial charge in [-0.05, 0) is 44.0 Å². The van der Waals surface area contributed by atoms with E-state index in [1.54, 1.807) is 13.0 Å². The molecular weight excluding hydrogens is 425 g/mol. The number of carbonyl (C=O) groups is 1. The quantitative estimate of drug-likeness (QED) is 0.501. The van der Waals surface area contributed by atoms with Crippen molar-refractivity contribution in [3.8, 4) is 11.4 Å². The fourth-order valence-corrected chi connectivity index (χ4v) is 4.00. The first-order chi connectivity index (χ1) is 14.7. The second-order valence-electron chi connectivity index (χ2n) is 7.07. The molecule has 0 aliphatic heterocycles. The average Bonchev–Trinajstić information content (AvgIpc) is 3.14. The van der Waals surface area contributed by atoms with Crippen LogP contribution in [0.4, 0.5) is 13.2 Å². The van der Waals surface area contributed by atoms with Gasteiger partial charge in [-0.2, -0.15) is 13.2 Å². The van der Waals surface area contributed by atoms with E-state index in [-0.39, 0.29) is 11.7 Å². The van der Waals surface area contributed by atoms with Crippen LogP contribution in [0.15, 0.2) is 53.7 Å². The van der Waals surface area contributed by atoms with E-state index >= 15 is 0 Å². The van der Waals surface area contributed by atoms with Crippen LogP contribution in [0.25, 0.3) is 11.4 Å². The number of alkyl halides is 3. The van der Waals surface area contributed by atoms with Crippen molar-refractivity contribution in [3.63, 3.8) is 0 Å². The van der Waals surface area contributed by atoms with Gasteiger partial charge < -0.3 is 9.88 Å². The van der Waals surface area contributed by atoms with Crippen LogP contribution in [0.1, 0.15) is 36.6 Å². The Labute approximate surface area is 183 Å². The zero-order valence-corrected chi connectivity index (χ0v) is 18.2. The summed E-state index contributed by atoms with van der Waals surface area (Å²) in [5, 5.41) is 11.9. The molecule has 1 unspecified atom stereocenters. The summed E-state index contributed by atoms with van der Waals surface area (Å²) in [5.41, 5.74) is 1.71. The minimum Gasteiger partial charge on any atom is -0.349 e. The molecule has 5 nitrogen and oxygen atoms in total. The summed E-state index contributed by atoms with van der Waals surface area (Å²) in [6.07, 6.45) is -4.42. The largest absolute Gasteiger partial charge is 0.416 e. The lowest BCUT2D eigenvalue weighted by Gasteiger charge is -2.16. The van der Waals surface area contributed by atoms with Gasteiger partial charge in [0.05, 0.1) is 17.4 Å². The first kappa shape index (κ1) is 22.9. The number of amides is 1. The van der Waals surface area contributed by atoms with Crippen molar-refractivity contribution >= 4 is 17.7 Å². The molecule has 0 saturated heterocycles. The van der Waals surface area contributed by atoms with Crippen LogP contribution in [0, 0.1) is 6.92 Å². The van der Waals surface area contributed by atoms with Crippen molar-refractivity contribution in [1.82, 2.24) is 20.1 Å². The molecule has 1 heterocycles. The Kier molecular flexibility index (Phi) is 7.04. The van der Waals surface area contributed by atoms with Gasteiger partial charge in [-0.1, -0.05) is 48.2 Å². The monoisotopic (exact) mass is 448 g/mol. The minimum absolute atomic E-state index is 0.0786. The van der Waals surface area contributed by atoms with Crippen LogP contribution in [0.3, 0.4) is 0 Å². The first-order valence-electron chi connectivity index (χ1n) is 9.79. The van der Waals surface area contributed by atoms with Crippen LogP contribution >= 0.6 is 11.8 Å². The van der Waals surface area contributed by atoms with Crippen LogP contribution in [-0.4, -0.2) is 26.4 Å². The summed E-state index contributed by atoms with van der Waals surface area (Å²) in [7, 11) is 0. The van der Waals surface area contributed by atoms with Gasteiger partial charge in [0.25, 0.3) is 0 Å². The second kappa shape index (κ2) is 9.55. The highest BCUT2D eigenvalue weighted by molar-refractivity contribution is 7.99. The number of nitrogens with zero attached hydrogens (tertiary/aromatic N) is 3. The Bertz CT molecular complexity index is 1060. The third-order valence-electron chi connectivity index (χ3n) is 4.84. The number of nitrogens with one attached hydrogen (secondary N) is 1. The maximum atomic E-state index is 12.9. The molecule has 3 rings (SSSR count). The van der Waals surface area contributed by atoms with Gasteiger partial charge in [0.2, 0.25) is 5.91 Å². The highest BCUT2D eigenvalue weighted by Gasteiger charge is 2.30. The normalized spacial score (nSPS) is 12.6. The van der Waals surface area contributed by atoms with Gasteiger partial charge in [-0.25, -0.2) is 0 Å². The predicted octanol–water partition coefficient (Wildman–Crippen LogP) is 5.26. The van der Waals surface area contributed by atoms with E-state index < -0.39 is 17.8 Å². The fraction of sp³-hybridized carbons (Fsp3) is 0.318. The molecule has 0 aliphatic carbocycles. The Balaban J connectivity index is 1.66. The Morgan fingerprint density at radius 3 is 2.58 bits per heavy atom. The number of aryl methyl sites for hydroxylation is 1. The molecule has 1 aromatic heterocycles. The van der Waals surface area contributed by atoms with Crippen molar-refractivity contribution in [2.45, 2.75) is 44.7 Å². The van der Waals surface area contributed by atoms with Gasteiger partial charge in [0.1, 0.15) is 0 Å². The summed E-state index contributed by atoms with van der Waals surface area (Å²) in [4.78, 5) is 12.4. The summed E-state index contributed by atoms with van der Waals surface area (Å²) >= 11 is 1.24. The highest BCUT2D eigenvalue weighted by atomic mass is 32.2. The third-order valence-corrected chi connectivity index (χ3v) is 5.81. The molecule has 2 aromatic carbocycles. The molecule has 9 heteroatoms. The molecule has 0 spiro atoms. The molecule has 0 fully saturated rings. The van der Waals surface area contributed by atoms with E-state index in [4.69, 9.17) is 0 Å². The number of hydrogen-bond donors (Lipinski definition) is 1. The lowest BCUT2D eigenvalue weighted by Crippen LogP contribution is -2.28. The number of hydrogen-bond acceptors (Lipinski definition) is 4. The smallest absolute Gasteiger partial charge is 0.349 e. The van der Waals surface area contributed by atoms with Crippen LogP contribution in [0.2, 0.25) is 0 Å². The fourth-order valence-electron chi connectivity index (χ4n) is 3.18. The minimum atomic E-state index is -4.42. The predicted molar refractivity (Wildman–Crippen MR) is 115 cm³/mol. The van der Waals surface area contributed by atoms with Gasteiger partial charge >= 0.3 is 6.18 Å². The molecule has 164 valence electrons. The van der Waals surface area contributed by atoms with Crippen molar-refractivity contribution in [1.29, 1.82) is 0 Å². The maximum absolute atomic E-state index is 12.9. The van der Waals surface area contributed by atoms with Gasteiger partial charge in [-0.15, -0.1) is 10.2 Å². The summed E-state index contributed by atoms with van der Waals surface area (Å²) in [5.74, 6) is 0.522. The van der Waals surface area contributed by atoms with Crippen LogP contribution < -0.4 is 5.32 Å². The molecule has 0 bridgehead atoms. The molecular formula is C22H23F3N4OS. The van der Waals surface area contributed by atoms with Crippen molar-refractivity contribution in [2.24, 2.45) is 0 Å². The number of benzene rings is 2. The molecule has 0 saturated carbocycles. The summed E-state index contributed by atoms with van der Waals surface area (Å²) in [6.45, 7) is 6.27. The number of carbonyl (C=O) groups excluding carboxylic acids is 1. The van der Waals surface area contributed by atoms with Crippen molar-refractivity contribution in [2.75, 3.05) is 5.75 Å². The van der Waals surface area contributed by atoms with E-state index in [1.165, 1.54) is 17.8 Å². The second-order valence-corrected chi connectivity index (χ2v) is 8.01. The maximum Gasteiger partial charge on any atom is 0.416 e. The van der Waals surface area contributed by atoms with E-state index in [0.29, 0.717) is 17.3 Å². The number of rotatable bonds is 7. The number of aromatic nitrogens is 3. The number of halogens is 3. The molecule has 3 aromatic rings. The lowest BCUT2D eigenvalue weighted by atomic mass is 10.0. The van der Waals surface area contributed by atoms with Gasteiger partial charge in [0, 0.05) is 12.1 Å². The van der Waals surface area contributed by atoms with E-state index in [0.717, 1.165) is 29.1 Å². The summed E-state index contributed by atoms with van der Waals surface area (Å²) in [6, 6.07) is 12.3. The summed E-state index contributed by atoms with van der Waals surface area (Å²) < 4.78 is 40.7. The molecule has 0 aliphatic rings. The SMILES string of the molecule is CCn1c(SCC(=O)NC(C)c2cccc(C(F)(F)F)c2)nnc1-c1ccccc1C. The van der Waals surface area contributed by atoms with Crippen LogP contribution in [-0.2, 0) is 17.5 Å². The molecule has 0 radical (unpaired) electrons. The topological polar surface area (TPSA) is 59.8 Å². The zero-order chi connectivity index (χ0) is 22.6. The van der Waals surface area contributed by atoms with Crippen LogP contribution in [0.5, 0.6) is 0 Å². The lowest BCUT2D eigenvalue weighted by molar-refractivity contribution is -0.137. The van der Waals surface area contributed by atoms with Gasteiger partial charge in [0.15, 0.2) is 11.0 Å². The van der Waals surface area contributed by atoms with Gasteiger partial charge in [-0.3, -0.25) is 4.79 Å². The number of thioether (sulfide) groups is 1. The standard InChI is InChI=1S/C22H23F3N4OS/c1-4-29-20(18-11-6-5-8-14(18)2)27-28-21(29)31-13-19(30)26-15(3)16-9-7-10-17(12-16)22(23,24)25/h5-12,15H,4,13H2,1-3H3,(H,26,30). The Morgan fingerprint density at radius 2 is 1.90 bits per heavy atom.